The Morgan fingerprint density at radius 1 is 1.48 bits per heavy atom. The molecule has 21 heavy (non-hydrogen) atoms. The molecule has 0 amide bonds. The second-order valence-corrected chi connectivity index (χ2v) is 6.10. The Hall–Kier alpha value is -0.970. The molecule has 4 heteroatoms. The predicted octanol–water partition coefficient (Wildman–Crippen LogP) is 3.02. The summed E-state index contributed by atoms with van der Waals surface area (Å²) in [5.74, 6) is -0.172. The number of hydrogen-bond donors (Lipinski definition) is 1. The fraction of sp³-hybridized carbons (Fsp3) is 0.647. The molecular formula is C17H27FN2O. The second-order valence-electron chi connectivity index (χ2n) is 6.10. The number of aryl methyl sites for hydroxylation is 1. The van der Waals surface area contributed by atoms with Crippen molar-refractivity contribution in [2.24, 2.45) is 5.73 Å². The number of halogens is 1. The van der Waals surface area contributed by atoms with Crippen LogP contribution in [0.15, 0.2) is 18.2 Å². The third-order valence-corrected chi connectivity index (χ3v) is 4.40. The van der Waals surface area contributed by atoms with Gasteiger partial charge in [-0.25, -0.2) is 4.39 Å². The summed E-state index contributed by atoms with van der Waals surface area (Å²) in [7, 11) is 0. The SMILES string of the molecule is CCC1COC(C)CN1CCC(N)c1ccc(C)c(F)c1. The van der Waals surface area contributed by atoms with Crippen LogP contribution in [0.3, 0.4) is 0 Å². The normalized spacial score (nSPS) is 25.0. The highest BCUT2D eigenvalue weighted by atomic mass is 19.1. The second kappa shape index (κ2) is 7.34. The predicted molar refractivity (Wildman–Crippen MR) is 83.7 cm³/mol. The molecule has 3 unspecified atom stereocenters. The maximum absolute atomic E-state index is 13.6. The molecule has 1 saturated heterocycles. The van der Waals surface area contributed by atoms with Gasteiger partial charge in [0.05, 0.1) is 12.7 Å². The van der Waals surface area contributed by atoms with Crippen molar-refractivity contribution in [1.29, 1.82) is 0 Å². The number of rotatable bonds is 5. The minimum atomic E-state index is -0.172. The van der Waals surface area contributed by atoms with Crippen LogP contribution in [0, 0.1) is 12.7 Å². The van der Waals surface area contributed by atoms with E-state index < -0.39 is 0 Å². The van der Waals surface area contributed by atoms with Crippen LogP contribution in [0.25, 0.3) is 0 Å². The number of benzene rings is 1. The summed E-state index contributed by atoms with van der Waals surface area (Å²) in [6, 6.07) is 5.66. The summed E-state index contributed by atoms with van der Waals surface area (Å²) in [6.07, 6.45) is 2.20. The van der Waals surface area contributed by atoms with Crippen molar-refractivity contribution < 1.29 is 9.13 Å². The monoisotopic (exact) mass is 294 g/mol. The van der Waals surface area contributed by atoms with E-state index in [2.05, 4.69) is 18.7 Å². The van der Waals surface area contributed by atoms with Gasteiger partial charge in [0.15, 0.2) is 0 Å². The molecule has 0 spiro atoms. The van der Waals surface area contributed by atoms with E-state index >= 15 is 0 Å². The van der Waals surface area contributed by atoms with E-state index in [0.29, 0.717) is 11.6 Å². The summed E-state index contributed by atoms with van der Waals surface area (Å²) in [5.41, 5.74) is 7.78. The number of morpholine rings is 1. The maximum Gasteiger partial charge on any atom is 0.126 e. The molecule has 1 aromatic rings. The highest BCUT2D eigenvalue weighted by Gasteiger charge is 2.25. The van der Waals surface area contributed by atoms with E-state index in [1.54, 1.807) is 19.1 Å². The quantitative estimate of drug-likeness (QED) is 0.907. The number of ether oxygens (including phenoxy) is 1. The summed E-state index contributed by atoms with van der Waals surface area (Å²) >= 11 is 0. The van der Waals surface area contributed by atoms with Crippen LogP contribution in [-0.2, 0) is 4.74 Å². The molecule has 118 valence electrons. The van der Waals surface area contributed by atoms with Crippen LogP contribution >= 0.6 is 0 Å². The number of hydrogen-bond acceptors (Lipinski definition) is 3. The first-order valence-electron chi connectivity index (χ1n) is 7.88. The van der Waals surface area contributed by atoms with Gasteiger partial charge >= 0.3 is 0 Å². The molecule has 0 bridgehead atoms. The van der Waals surface area contributed by atoms with E-state index in [1.165, 1.54) is 0 Å². The van der Waals surface area contributed by atoms with Gasteiger partial charge in [-0.15, -0.1) is 0 Å². The number of nitrogens with two attached hydrogens (primary N) is 1. The van der Waals surface area contributed by atoms with E-state index in [9.17, 15) is 4.39 Å². The third-order valence-electron chi connectivity index (χ3n) is 4.40. The summed E-state index contributed by atoms with van der Waals surface area (Å²) < 4.78 is 19.3. The molecule has 3 nitrogen and oxygen atoms in total. The lowest BCUT2D eigenvalue weighted by Gasteiger charge is -2.38. The topological polar surface area (TPSA) is 38.5 Å². The van der Waals surface area contributed by atoms with E-state index in [0.717, 1.165) is 38.1 Å². The van der Waals surface area contributed by atoms with Crippen molar-refractivity contribution in [1.82, 2.24) is 4.90 Å². The fourth-order valence-electron chi connectivity index (χ4n) is 2.87. The minimum absolute atomic E-state index is 0.115. The lowest BCUT2D eigenvalue weighted by Crippen LogP contribution is -2.49. The molecular weight excluding hydrogens is 267 g/mol. The lowest BCUT2D eigenvalue weighted by molar-refractivity contribution is -0.0564. The molecule has 0 radical (unpaired) electrons. The van der Waals surface area contributed by atoms with Gasteiger partial charge in [-0.2, -0.15) is 0 Å². The van der Waals surface area contributed by atoms with Crippen LogP contribution in [0.4, 0.5) is 4.39 Å². The van der Waals surface area contributed by atoms with Crippen molar-refractivity contribution in [2.75, 3.05) is 19.7 Å². The van der Waals surface area contributed by atoms with Crippen molar-refractivity contribution >= 4 is 0 Å². The zero-order chi connectivity index (χ0) is 15.4. The highest BCUT2D eigenvalue weighted by molar-refractivity contribution is 5.25. The largest absolute Gasteiger partial charge is 0.376 e. The third kappa shape index (κ3) is 4.25. The van der Waals surface area contributed by atoms with E-state index in [4.69, 9.17) is 10.5 Å². The van der Waals surface area contributed by atoms with Gasteiger partial charge in [-0.05, 0) is 43.9 Å². The first-order chi connectivity index (χ1) is 10.0. The zero-order valence-corrected chi connectivity index (χ0v) is 13.3. The summed E-state index contributed by atoms with van der Waals surface area (Å²) in [5, 5.41) is 0. The Labute approximate surface area is 127 Å². The van der Waals surface area contributed by atoms with Crippen molar-refractivity contribution in [2.45, 2.75) is 51.8 Å². The molecule has 1 aromatic carbocycles. The minimum Gasteiger partial charge on any atom is -0.376 e. The first-order valence-corrected chi connectivity index (χ1v) is 7.88. The average Bonchev–Trinajstić information content (AvgIpc) is 2.47. The van der Waals surface area contributed by atoms with E-state index in [-0.39, 0.29) is 18.0 Å². The summed E-state index contributed by atoms with van der Waals surface area (Å²) in [6.45, 7) is 8.74. The molecule has 1 aliphatic rings. The molecule has 0 aliphatic carbocycles. The van der Waals surface area contributed by atoms with Gasteiger partial charge in [0, 0.05) is 25.2 Å². The molecule has 1 aliphatic heterocycles. The van der Waals surface area contributed by atoms with Crippen LogP contribution < -0.4 is 5.73 Å². The fourth-order valence-corrected chi connectivity index (χ4v) is 2.87. The molecule has 1 heterocycles. The summed E-state index contributed by atoms with van der Waals surface area (Å²) in [4.78, 5) is 2.46. The first kappa shape index (κ1) is 16.4. The standard InChI is InChI=1S/C17H27FN2O/c1-4-15-11-21-13(3)10-20(15)8-7-17(19)14-6-5-12(2)16(18)9-14/h5-6,9,13,15,17H,4,7-8,10-11,19H2,1-3H3. The van der Waals surface area contributed by atoms with Crippen molar-refractivity contribution in [3.05, 3.63) is 35.1 Å². The molecule has 1 fully saturated rings. The van der Waals surface area contributed by atoms with Crippen LogP contribution in [0.2, 0.25) is 0 Å². The average molecular weight is 294 g/mol. The Kier molecular flexibility index (Phi) is 5.73. The smallest absolute Gasteiger partial charge is 0.126 e. The van der Waals surface area contributed by atoms with E-state index in [1.807, 2.05) is 6.07 Å². The Morgan fingerprint density at radius 2 is 2.24 bits per heavy atom. The molecule has 2 N–H and O–H groups in total. The van der Waals surface area contributed by atoms with Crippen molar-refractivity contribution in [3.63, 3.8) is 0 Å². The van der Waals surface area contributed by atoms with Gasteiger partial charge in [-0.1, -0.05) is 19.1 Å². The Morgan fingerprint density at radius 3 is 2.90 bits per heavy atom. The highest BCUT2D eigenvalue weighted by Crippen LogP contribution is 2.20. The van der Waals surface area contributed by atoms with Gasteiger partial charge in [0.1, 0.15) is 5.82 Å². The molecule has 2 rings (SSSR count). The van der Waals surface area contributed by atoms with Gasteiger partial charge < -0.3 is 10.5 Å². The molecule has 3 atom stereocenters. The van der Waals surface area contributed by atoms with Gasteiger partial charge in [0.2, 0.25) is 0 Å². The molecule has 0 saturated carbocycles. The lowest BCUT2D eigenvalue weighted by atomic mass is 10.0. The van der Waals surface area contributed by atoms with Gasteiger partial charge in [0.25, 0.3) is 0 Å². The van der Waals surface area contributed by atoms with Crippen LogP contribution in [0.1, 0.15) is 43.9 Å². The Balaban J connectivity index is 1.92. The van der Waals surface area contributed by atoms with Crippen LogP contribution in [-0.4, -0.2) is 36.7 Å². The molecule has 0 aromatic heterocycles. The zero-order valence-electron chi connectivity index (χ0n) is 13.3. The van der Waals surface area contributed by atoms with Crippen molar-refractivity contribution in [3.8, 4) is 0 Å². The Bertz CT molecular complexity index is 466. The van der Waals surface area contributed by atoms with Gasteiger partial charge in [-0.3, -0.25) is 4.90 Å². The number of nitrogens with zero attached hydrogens (tertiary/aromatic N) is 1. The van der Waals surface area contributed by atoms with Crippen LogP contribution in [0.5, 0.6) is 0 Å². The maximum atomic E-state index is 13.6.